The number of nitriles is 1. The molecule has 2 aromatic carbocycles. The SMILES string of the molecule is N#Cc1c(N)n[nH]c1CCCNC(=O)c1cccc(S(=O)(=O)Nc2ccc3c(c2)OCO3)c1. The highest BCUT2D eigenvalue weighted by atomic mass is 32.2. The maximum absolute atomic E-state index is 12.8. The first-order valence-corrected chi connectivity index (χ1v) is 11.4. The van der Waals surface area contributed by atoms with E-state index in [9.17, 15) is 13.2 Å². The number of aromatic nitrogens is 2. The zero-order valence-corrected chi connectivity index (χ0v) is 18.1. The third-order valence-electron chi connectivity index (χ3n) is 4.90. The lowest BCUT2D eigenvalue weighted by Crippen LogP contribution is -2.25. The summed E-state index contributed by atoms with van der Waals surface area (Å²) in [6.45, 7) is 0.396. The van der Waals surface area contributed by atoms with Crippen molar-refractivity contribution in [1.82, 2.24) is 15.5 Å². The third kappa shape index (κ3) is 4.83. The summed E-state index contributed by atoms with van der Waals surface area (Å²) < 4.78 is 38.5. The molecule has 1 aromatic heterocycles. The summed E-state index contributed by atoms with van der Waals surface area (Å²) in [5, 5.41) is 18.3. The lowest BCUT2D eigenvalue weighted by atomic mass is 10.1. The molecule has 170 valence electrons. The van der Waals surface area contributed by atoms with E-state index in [1.165, 1.54) is 30.3 Å². The summed E-state index contributed by atoms with van der Waals surface area (Å²) in [4.78, 5) is 12.4. The Kier molecular flexibility index (Phi) is 6.05. The van der Waals surface area contributed by atoms with E-state index in [1.54, 1.807) is 12.1 Å². The van der Waals surface area contributed by atoms with Gasteiger partial charge in [-0.25, -0.2) is 8.42 Å². The number of hydrogen-bond donors (Lipinski definition) is 4. The van der Waals surface area contributed by atoms with Crippen LogP contribution in [0.5, 0.6) is 11.5 Å². The van der Waals surface area contributed by atoms with Crippen LogP contribution in [0.15, 0.2) is 47.4 Å². The van der Waals surface area contributed by atoms with Gasteiger partial charge >= 0.3 is 0 Å². The maximum atomic E-state index is 12.8. The Morgan fingerprint density at radius 1 is 1.21 bits per heavy atom. The van der Waals surface area contributed by atoms with Crippen LogP contribution in [0.4, 0.5) is 11.5 Å². The molecule has 4 rings (SSSR count). The average molecular weight is 468 g/mol. The minimum absolute atomic E-state index is 0.0561. The Bertz CT molecular complexity index is 1350. The molecule has 0 radical (unpaired) electrons. The molecule has 0 spiro atoms. The summed E-state index contributed by atoms with van der Waals surface area (Å²) >= 11 is 0. The number of benzene rings is 2. The topological polar surface area (TPSA) is 172 Å². The number of nitrogen functional groups attached to an aromatic ring is 1. The fourth-order valence-corrected chi connectivity index (χ4v) is 4.34. The van der Waals surface area contributed by atoms with Crippen LogP contribution in [0.3, 0.4) is 0 Å². The number of amides is 1. The number of hydrogen-bond acceptors (Lipinski definition) is 8. The number of anilines is 2. The first kappa shape index (κ1) is 22.0. The number of carbonyl (C=O) groups excluding carboxylic acids is 1. The van der Waals surface area contributed by atoms with Gasteiger partial charge < -0.3 is 20.5 Å². The second-order valence-corrected chi connectivity index (χ2v) is 8.82. The minimum Gasteiger partial charge on any atom is -0.454 e. The second kappa shape index (κ2) is 9.09. The van der Waals surface area contributed by atoms with Gasteiger partial charge in [-0.2, -0.15) is 10.4 Å². The molecular formula is C21H20N6O5S. The van der Waals surface area contributed by atoms with Crippen LogP contribution in [0.2, 0.25) is 0 Å². The molecule has 1 aliphatic heterocycles. The van der Waals surface area contributed by atoms with Crippen molar-refractivity contribution in [3.63, 3.8) is 0 Å². The Labute approximate surface area is 189 Å². The predicted octanol–water partition coefficient (Wildman–Crippen LogP) is 1.76. The quantitative estimate of drug-likeness (QED) is 0.362. The van der Waals surface area contributed by atoms with Crippen LogP contribution >= 0.6 is 0 Å². The van der Waals surface area contributed by atoms with Crippen molar-refractivity contribution in [2.75, 3.05) is 23.8 Å². The number of fused-ring (bicyclic) bond motifs is 1. The molecule has 0 saturated carbocycles. The normalized spacial score (nSPS) is 12.2. The highest BCUT2D eigenvalue weighted by Crippen LogP contribution is 2.34. The number of aromatic amines is 1. The molecule has 33 heavy (non-hydrogen) atoms. The molecule has 0 atom stereocenters. The number of nitrogens with one attached hydrogen (secondary N) is 3. The minimum atomic E-state index is -3.93. The highest BCUT2D eigenvalue weighted by molar-refractivity contribution is 7.92. The van der Waals surface area contributed by atoms with Crippen LogP contribution < -0.4 is 25.2 Å². The van der Waals surface area contributed by atoms with Crippen molar-refractivity contribution in [3.05, 3.63) is 59.3 Å². The maximum Gasteiger partial charge on any atom is 0.261 e. The summed E-state index contributed by atoms with van der Waals surface area (Å²) in [7, 11) is -3.93. The van der Waals surface area contributed by atoms with Gasteiger partial charge in [-0.05, 0) is 43.2 Å². The molecule has 0 fully saturated rings. The number of ether oxygens (including phenoxy) is 2. The number of nitrogens with zero attached hydrogens (tertiary/aromatic N) is 2. The lowest BCUT2D eigenvalue weighted by molar-refractivity contribution is 0.0953. The van der Waals surface area contributed by atoms with Gasteiger partial charge in [0, 0.05) is 18.2 Å². The smallest absolute Gasteiger partial charge is 0.261 e. The monoisotopic (exact) mass is 468 g/mol. The molecule has 0 aliphatic carbocycles. The van der Waals surface area contributed by atoms with Gasteiger partial charge in [-0.15, -0.1) is 0 Å². The van der Waals surface area contributed by atoms with E-state index in [0.29, 0.717) is 47.8 Å². The Balaban J connectivity index is 1.37. The van der Waals surface area contributed by atoms with E-state index in [1.807, 2.05) is 6.07 Å². The molecule has 1 amide bonds. The molecule has 12 heteroatoms. The van der Waals surface area contributed by atoms with E-state index in [2.05, 4.69) is 20.2 Å². The second-order valence-electron chi connectivity index (χ2n) is 7.14. The van der Waals surface area contributed by atoms with Crippen molar-refractivity contribution in [1.29, 1.82) is 5.26 Å². The third-order valence-corrected chi connectivity index (χ3v) is 6.28. The van der Waals surface area contributed by atoms with E-state index >= 15 is 0 Å². The molecule has 1 aliphatic rings. The molecule has 5 N–H and O–H groups in total. The summed E-state index contributed by atoms with van der Waals surface area (Å²) in [5.41, 5.74) is 7.02. The van der Waals surface area contributed by atoms with Crippen LogP contribution in [-0.2, 0) is 16.4 Å². The number of nitrogens with two attached hydrogens (primary N) is 1. The van der Waals surface area contributed by atoms with Gasteiger partial charge in [-0.1, -0.05) is 6.07 Å². The number of rotatable bonds is 8. The van der Waals surface area contributed by atoms with Gasteiger partial charge in [-0.3, -0.25) is 14.6 Å². The lowest BCUT2D eigenvalue weighted by Gasteiger charge is -2.10. The van der Waals surface area contributed by atoms with Crippen LogP contribution in [0.1, 0.15) is 28.0 Å². The van der Waals surface area contributed by atoms with Gasteiger partial charge in [0.05, 0.1) is 16.3 Å². The van der Waals surface area contributed by atoms with Gasteiger partial charge in [0.15, 0.2) is 17.3 Å². The summed E-state index contributed by atoms with van der Waals surface area (Å²) in [6.07, 6.45) is 1.01. The first-order chi connectivity index (χ1) is 15.9. The van der Waals surface area contributed by atoms with Crippen molar-refractivity contribution >= 4 is 27.4 Å². The standard InChI is InChI=1S/C21H20N6O5S/c22-11-16-17(25-26-20(16)23)5-2-8-24-21(28)13-3-1-4-15(9-13)33(29,30)27-14-6-7-18-19(10-14)32-12-31-18/h1,3-4,6-7,9-10,27H,2,5,8,12H2,(H,24,28)(H3,23,25,26). The summed E-state index contributed by atoms with van der Waals surface area (Å²) in [6, 6.07) is 12.4. The fraction of sp³-hybridized carbons (Fsp3) is 0.190. The van der Waals surface area contributed by atoms with Crippen LogP contribution in [0, 0.1) is 11.3 Å². The highest BCUT2D eigenvalue weighted by Gasteiger charge is 2.19. The van der Waals surface area contributed by atoms with Gasteiger partial charge in [0.25, 0.3) is 15.9 Å². The van der Waals surface area contributed by atoms with Crippen molar-refractivity contribution in [2.24, 2.45) is 0 Å². The van der Waals surface area contributed by atoms with Crippen LogP contribution in [-0.4, -0.2) is 37.9 Å². The number of H-pyrrole nitrogens is 1. The van der Waals surface area contributed by atoms with Crippen molar-refractivity contribution < 1.29 is 22.7 Å². The number of aryl methyl sites for hydroxylation is 1. The number of carbonyl (C=O) groups is 1. The molecule has 0 bridgehead atoms. The van der Waals surface area contributed by atoms with Crippen molar-refractivity contribution in [3.8, 4) is 17.6 Å². The molecular weight excluding hydrogens is 448 g/mol. The largest absolute Gasteiger partial charge is 0.454 e. The predicted molar refractivity (Wildman–Crippen MR) is 118 cm³/mol. The van der Waals surface area contributed by atoms with Gasteiger partial charge in [0.1, 0.15) is 11.6 Å². The summed E-state index contributed by atoms with van der Waals surface area (Å²) in [5.74, 6) is 0.711. The average Bonchev–Trinajstić information content (AvgIpc) is 3.41. The van der Waals surface area contributed by atoms with Crippen LogP contribution in [0.25, 0.3) is 0 Å². The fourth-order valence-electron chi connectivity index (χ4n) is 3.25. The Morgan fingerprint density at radius 2 is 2.03 bits per heavy atom. The van der Waals surface area contributed by atoms with Crippen molar-refractivity contribution in [2.45, 2.75) is 17.7 Å². The zero-order valence-electron chi connectivity index (χ0n) is 17.3. The van der Waals surface area contributed by atoms with E-state index in [4.69, 9.17) is 20.5 Å². The van der Waals surface area contributed by atoms with Gasteiger partial charge in [0.2, 0.25) is 6.79 Å². The zero-order chi connectivity index (χ0) is 23.4. The Morgan fingerprint density at radius 3 is 2.85 bits per heavy atom. The van der Waals surface area contributed by atoms with E-state index in [0.717, 1.165) is 0 Å². The number of sulfonamides is 1. The molecule has 2 heterocycles. The molecule has 11 nitrogen and oxygen atoms in total. The first-order valence-electron chi connectivity index (χ1n) is 9.91. The molecule has 0 saturated heterocycles. The molecule has 0 unspecified atom stereocenters. The van der Waals surface area contributed by atoms with E-state index in [-0.39, 0.29) is 23.1 Å². The Hall–Kier alpha value is -4.24. The van der Waals surface area contributed by atoms with E-state index < -0.39 is 15.9 Å². The molecule has 3 aromatic rings.